The summed E-state index contributed by atoms with van der Waals surface area (Å²) >= 11 is 0. The molecule has 1 aromatic heterocycles. The van der Waals surface area contributed by atoms with Gasteiger partial charge in [0.05, 0.1) is 0 Å². The minimum atomic E-state index is 0.0969. The zero-order chi connectivity index (χ0) is 18.8. The van der Waals surface area contributed by atoms with Crippen LogP contribution in [0.5, 0.6) is 0 Å². The van der Waals surface area contributed by atoms with Crippen molar-refractivity contribution in [1.82, 2.24) is 4.98 Å². The van der Waals surface area contributed by atoms with Crippen molar-refractivity contribution in [3.05, 3.63) is 84.6 Å². The summed E-state index contributed by atoms with van der Waals surface area (Å²) in [6, 6.07) is 23.8. The Labute approximate surface area is 156 Å². The maximum Gasteiger partial charge on any atom is 0.170 e. The first kappa shape index (κ1) is 16.6. The third kappa shape index (κ3) is 3.06. The fourth-order valence-electron chi connectivity index (χ4n) is 3.18. The van der Waals surface area contributed by atoms with Crippen LogP contribution in [0.15, 0.2) is 84.1 Å². The van der Waals surface area contributed by atoms with Gasteiger partial charge in [0.1, 0.15) is 5.82 Å². The van der Waals surface area contributed by atoms with Gasteiger partial charge in [-0.1, -0.05) is 78.0 Å². The Bertz CT molecular complexity index is 1130. The predicted molar refractivity (Wildman–Crippen MR) is 110 cm³/mol. The number of aromatic nitrogens is 1. The van der Waals surface area contributed by atoms with E-state index < -0.39 is 0 Å². The number of hydrogen-bond acceptors (Lipinski definition) is 4. The Balaban J connectivity index is 1.70. The number of nitrogens with two attached hydrogens (primary N) is 2. The van der Waals surface area contributed by atoms with Gasteiger partial charge < -0.3 is 16.7 Å². The number of pyridine rings is 1. The molecule has 1 heterocycles. The molecule has 4 aromatic rings. The first-order valence-electron chi connectivity index (χ1n) is 8.49. The molecular formula is C22H18N4O. The average molecular weight is 354 g/mol. The van der Waals surface area contributed by atoms with Crippen molar-refractivity contribution in [3.63, 3.8) is 0 Å². The highest BCUT2D eigenvalue weighted by Gasteiger charge is 2.08. The molecule has 0 saturated carbocycles. The standard InChI is InChI=1S/C22H18N4O/c23-21(26-27)17-11-7-15(8-12-17)14-5-9-16(10-6-14)20-13-25-22(24)19-4-2-1-3-18(19)20/h1-13,27H,(H2,23,26)(H2,24,25). The van der Waals surface area contributed by atoms with Gasteiger partial charge in [-0.25, -0.2) is 4.98 Å². The number of benzene rings is 3. The number of amidine groups is 1. The molecule has 0 radical (unpaired) electrons. The van der Waals surface area contributed by atoms with Crippen LogP contribution in [-0.4, -0.2) is 16.0 Å². The van der Waals surface area contributed by atoms with Crippen molar-refractivity contribution in [2.24, 2.45) is 10.9 Å². The van der Waals surface area contributed by atoms with E-state index in [2.05, 4.69) is 40.5 Å². The minimum Gasteiger partial charge on any atom is -0.409 e. The number of anilines is 1. The summed E-state index contributed by atoms with van der Waals surface area (Å²) in [6.07, 6.45) is 1.82. The molecule has 4 rings (SSSR count). The summed E-state index contributed by atoms with van der Waals surface area (Å²) in [5.74, 6) is 0.636. The first-order chi connectivity index (χ1) is 13.2. The summed E-state index contributed by atoms with van der Waals surface area (Å²) in [7, 11) is 0. The Morgan fingerprint density at radius 2 is 1.33 bits per heavy atom. The summed E-state index contributed by atoms with van der Waals surface area (Å²) < 4.78 is 0. The molecule has 0 fully saturated rings. The Kier molecular flexibility index (Phi) is 4.18. The molecule has 0 bridgehead atoms. The molecule has 3 aromatic carbocycles. The molecule has 132 valence electrons. The molecule has 0 atom stereocenters. The van der Waals surface area contributed by atoms with E-state index in [0.717, 1.165) is 33.0 Å². The van der Waals surface area contributed by atoms with Crippen LogP contribution in [0.3, 0.4) is 0 Å². The number of nitrogens with zero attached hydrogens (tertiary/aromatic N) is 2. The van der Waals surface area contributed by atoms with Crippen molar-refractivity contribution in [1.29, 1.82) is 0 Å². The molecule has 0 aliphatic heterocycles. The van der Waals surface area contributed by atoms with E-state index in [0.29, 0.717) is 11.4 Å². The molecule has 5 heteroatoms. The summed E-state index contributed by atoms with van der Waals surface area (Å²) in [5, 5.41) is 13.8. The van der Waals surface area contributed by atoms with Gasteiger partial charge in [0, 0.05) is 22.7 Å². The highest BCUT2D eigenvalue weighted by Crippen LogP contribution is 2.31. The fraction of sp³-hybridized carbons (Fsp3) is 0. The molecular weight excluding hydrogens is 336 g/mol. The quantitative estimate of drug-likeness (QED) is 0.222. The van der Waals surface area contributed by atoms with E-state index in [1.807, 2.05) is 48.7 Å². The van der Waals surface area contributed by atoms with Crippen LogP contribution in [0, 0.1) is 0 Å². The fourth-order valence-corrected chi connectivity index (χ4v) is 3.18. The smallest absolute Gasteiger partial charge is 0.170 e. The molecule has 5 N–H and O–H groups in total. The third-order valence-electron chi connectivity index (χ3n) is 4.64. The van der Waals surface area contributed by atoms with Crippen LogP contribution in [0.25, 0.3) is 33.0 Å². The van der Waals surface area contributed by atoms with Crippen molar-refractivity contribution in [2.45, 2.75) is 0 Å². The second kappa shape index (κ2) is 6.80. The normalized spacial score (nSPS) is 11.6. The lowest BCUT2D eigenvalue weighted by atomic mass is 9.97. The average Bonchev–Trinajstić information content (AvgIpc) is 2.74. The zero-order valence-corrected chi connectivity index (χ0v) is 14.5. The molecule has 5 nitrogen and oxygen atoms in total. The lowest BCUT2D eigenvalue weighted by Crippen LogP contribution is -2.12. The van der Waals surface area contributed by atoms with Crippen molar-refractivity contribution in [2.75, 3.05) is 5.73 Å². The van der Waals surface area contributed by atoms with Crippen LogP contribution >= 0.6 is 0 Å². The topological polar surface area (TPSA) is 97.5 Å². The first-order valence-corrected chi connectivity index (χ1v) is 8.49. The van der Waals surface area contributed by atoms with E-state index in [1.54, 1.807) is 0 Å². The van der Waals surface area contributed by atoms with E-state index in [4.69, 9.17) is 16.7 Å². The predicted octanol–water partition coefficient (Wildman–Crippen LogP) is 4.25. The van der Waals surface area contributed by atoms with E-state index in [-0.39, 0.29) is 5.84 Å². The van der Waals surface area contributed by atoms with Crippen LogP contribution in [0.1, 0.15) is 5.56 Å². The van der Waals surface area contributed by atoms with E-state index in [9.17, 15) is 0 Å². The Hall–Kier alpha value is -3.86. The molecule has 0 aliphatic rings. The van der Waals surface area contributed by atoms with Gasteiger partial charge >= 0.3 is 0 Å². The molecule has 27 heavy (non-hydrogen) atoms. The SMILES string of the molecule is NC(=NO)c1ccc(-c2ccc(-c3cnc(N)c4ccccc34)cc2)cc1. The van der Waals surface area contributed by atoms with Crippen molar-refractivity contribution >= 4 is 22.4 Å². The number of rotatable bonds is 3. The van der Waals surface area contributed by atoms with Gasteiger partial charge in [-0.3, -0.25) is 0 Å². The number of hydrogen-bond donors (Lipinski definition) is 3. The summed E-state index contributed by atoms with van der Waals surface area (Å²) in [5.41, 5.74) is 16.6. The highest BCUT2D eigenvalue weighted by atomic mass is 16.4. The lowest BCUT2D eigenvalue weighted by molar-refractivity contribution is 0.318. The van der Waals surface area contributed by atoms with Crippen LogP contribution < -0.4 is 11.5 Å². The van der Waals surface area contributed by atoms with E-state index in [1.165, 1.54) is 0 Å². The summed E-state index contributed by atoms with van der Waals surface area (Å²) in [4.78, 5) is 4.33. The second-order valence-electron chi connectivity index (χ2n) is 6.24. The van der Waals surface area contributed by atoms with Crippen LogP contribution in [-0.2, 0) is 0 Å². The van der Waals surface area contributed by atoms with Gasteiger partial charge in [0.25, 0.3) is 0 Å². The third-order valence-corrected chi connectivity index (χ3v) is 4.64. The molecule has 0 unspecified atom stereocenters. The number of oxime groups is 1. The van der Waals surface area contributed by atoms with Gasteiger partial charge in [-0.15, -0.1) is 0 Å². The highest BCUT2D eigenvalue weighted by molar-refractivity contribution is 6.01. The Morgan fingerprint density at radius 1 is 0.778 bits per heavy atom. The molecule has 0 saturated heterocycles. The minimum absolute atomic E-state index is 0.0969. The van der Waals surface area contributed by atoms with Crippen LogP contribution in [0.4, 0.5) is 5.82 Å². The van der Waals surface area contributed by atoms with E-state index >= 15 is 0 Å². The van der Waals surface area contributed by atoms with Crippen molar-refractivity contribution in [3.8, 4) is 22.3 Å². The second-order valence-corrected chi connectivity index (χ2v) is 6.24. The number of nitrogen functional groups attached to an aromatic ring is 1. The monoisotopic (exact) mass is 354 g/mol. The van der Waals surface area contributed by atoms with Gasteiger partial charge in [-0.05, 0) is 22.1 Å². The molecule has 0 spiro atoms. The largest absolute Gasteiger partial charge is 0.409 e. The zero-order valence-electron chi connectivity index (χ0n) is 14.5. The Morgan fingerprint density at radius 3 is 1.96 bits per heavy atom. The van der Waals surface area contributed by atoms with Crippen molar-refractivity contribution < 1.29 is 5.21 Å². The maximum atomic E-state index is 8.76. The molecule has 0 aliphatic carbocycles. The van der Waals surface area contributed by atoms with Gasteiger partial charge in [0.2, 0.25) is 0 Å². The van der Waals surface area contributed by atoms with Gasteiger partial charge in [0.15, 0.2) is 5.84 Å². The number of fused-ring (bicyclic) bond motifs is 1. The lowest BCUT2D eigenvalue weighted by Gasteiger charge is -2.09. The summed E-state index contributed by atoms with van der Waals surface area (Å²) in [6.45, 7) is 0. The maximum absolute atomic E-state index is 8.76. The molecule has 0 amide bonds. The van der Waals surface area contributed by atoms with Gasteiger partial charge in [-0.2, -0.15) is 0 Å². The van der Waals surface area contributed by atoms with Crippen LogP contribution in [0.2, 0.25) is 0 Å².